The molecule has 3 saturated heterocycles. The van der Waals surface area contributed by atoms with Crippen molar-refractivity contribution >= 4 is 0 Å². The van der Waals surface area contributed by atoms with E-state index in [2.05, 4.69) is 9.88 Å². The van der Waals surface area contributed by atoms with Crippen LogP contribution in [0.4, 0.5) is 0 Å². The van der Waals surface area contributed by atoms with E-state index in [1.165, 1.54) is 12.8 Å². The Balaban J connectivity index is 1.78. The third-order valence-electron chi connectivity index (χ3n) is 4.11. The summed E-state index contributed by atoms with van der Waals surface area (Å²) in [4.78, 5) is 6.45. The molecule has 3 fully saturated rings. The van der Waals surface area contributed by atoms with Crippen molar-refractivity contribution in [2.24, 2.45) is 5.92 Å². The fraction of sp³-hybridized carbons (Fsp3) is 0.615. The Kier molecular flexibility index (Phi) is 2.65. The Morgan fingerprint density at radius 2 is 1.94 bits per heavy atom. The first kappa shape index (κ1) is 10.2. The Morgan fingerprint density at radius 3 is 2.50 bits per heavy atom. The van der Waals surface area contributed by atoms with E-state index in [0.717, 1.165) is 31.0 Å². The van der Waals surface area contributed by atoms with Crippen LogP contribution in [0.5, 0.6) is 0 Å². The zero-order valence-corrected chi connectivity index (χ0v) is 9.42. The number of aliphatic hydroxyl groups excluding tert-OH is 1. The number of hydrogen-bond acceptors (Lipinski definition) is 3. The molecule has 0 saturated carbocycles. The molecule has 1 N–H and O–H groups in total. The van der Waals surface area contributed by atoms with Gasteiger partial charge in [-0.1, -0.05) is 0 Å². The van der Waals surface area contributed by atoms with Crippen molar-refractivity contribution in [3.8, 4) is 0 Å². The van der Waals surface area contributed by atoms with Crippen LogP contribution in [0.2, 0.25) is 0 Å². The second-order valence-electron chi connectivity index (χ2n) is 5.01. The molecule has 1 aromatic rings. The summed E-state index contributed by atoms with van der Waals surface area (Å²) in [6.07, 6.45) is 6.97. The van der Waals surface area contributed by atoms with E-state index in [4.69, 9.17) is 0 Å². The predicted octanol–water partition coefficient (Wildman–Crippen LogP) is 1.60. The van der Waals surface area contributed by atoms with Gasteiger partial charge in [-0.3, -0.25) is 9.88 Å². The molecule has 3 nitrogen and oxygen atoms in total. The van der Waals surface area contributed by atoms with E-state index in [1.807, 2.05) is 12.1 Å². The largest absolute Gasteiger partial charge is 0.387 e. The quantitative estimate of drug-likeness (QED) is 0.819. The van der Waals surface area contributed by atoms with Crippen molar-refractivity contribution in [2.75, 3.05) is 13.1 Å². The summed E-state index contributed by atoms with van der Waals surface area (Å²) in [5.41, 5.74) is 1.01. The van der Waals surface area contributed by atoms with E-state index in [-0.39, 0.29) is 6.10 Å². The molecule has 3 aliphatic heterocycles. The van der Waals surface area contributed by atoms with Gasteiger partial charge in [-0.05, 0) is 56.0 Å². The maximum Gasteiger partial charge on any atom is 0.0946 e. The molecule has 2 bridgehead atoms. The van der Waals surface area contributed by atoms with Gasteiger partial charge in [0.05, 0.1) is 6.10 Å². The number of aliphatic hydroxyl groups is 1. The maximum absolute atomic E-state index is 10.4. The molecule has 4 rings (SSSR count). The molecule has 0 unspecified atom stereocenters. The molecule has 2 atom stereocenters. The molecule has 0 radical (unpaired) electrons. The first-order valence-corrected chi connectivity index (χ1v) is 6.16. The Morgan fingerprint density at radius 1 is 1.25 bits per heavy atom. The third kappa shape index (κ3) is 1.74. The first-order valence-electron chi connectivity index (χ1n) is 6.16. The molecule has 86 valence electrons. The zero-order chi connectivity index (χ0) is 11.0. The Hall–Kier alpha value is -0.930. The van der Waals surface area contributed by atoms with Crippen molar-refractivity contribution in [1.82, 2.24) is 9.88 Å². The lowest BCUT2D eigenvalue weighted by Gasteiger charge is -2.47. The molecular formula is C13H18N2O. The van der Waals surface area contributed by atoms with E-state index in [1.54, 1.807) is 12.4 Å². The lowest BCUT2D eigenvalue weighted by Crippen LogP contribution is -2.51. The van der Waals surface area contributed by atoms with Crippen LogP contribution in [0, 0.1) is 5.92 Å². The first-order chi connectivity index (χ1) is 7.84. The molecule has 0 amide bonds. The highest BCUT2D eigenvalue weighted by Crippen LogP contribution is 2.37. The Bertz CT molecular complexity index is 346. The van der Waals surface area contributed by atoms with Crippen molar-refractivity contribution in [3.63, 3.8) is 0 Å². The minimum Gasteiger partial charge on any atom is -0.387 e. The smallest absolute Gasteiger partial charge is 0.0946 e. The van der Waals surface area contributed by atoms with Gasteiger partial charge in [0.15, 0.2) is 0 Å². The molecule has 1 aromatic heterocycles. The van der Waals surface area contributed by atoms with E-state index in [0.29, 0.717) is 6.04 Å². The van der Waals surface area contributed by atoms with E-state index in [9.17, 15) is 5.11 Å². The van der Waals surface area contributed by atoms with Crippen molar-refractivity contribution in [3.05, 3.63) is 30.1 Å². The Labute approximate surface area is 96.1 Å². The summed E-state index contributed by atoms with van der Waals surface area (Å²) in [7, 11) is 0. The van der Waals surface area contributed by atoms with Gasteiger partial charge >= 0.3 is 0 Å². The number of pyridine rings is 1. The number of hydrogen-bond donors (Lipinski definition) is 1. The molecule has 0 aromatic carbocycles. The molecular weight excluding hydrogens is 200 g/mol. The van der Waals surface area contributed by atoms with Gasteiger partial charge in [-0.25, -0.2) is 0 Å². The zero-order valence-electron chi connectivity index (χ0n) is 9.42. The number of nitrogens with zero attached hydrogens (tertiary/aromatic N) is 2. The minimum atomic E-state index is -0.342. The van der Waals surface area contributed by atoms with Crippen LogP contribution in [0.15, 0.2) is 24.5 Å². The third-order valence-corrected chi connectivity index (χ3v) is 4.11. The summed E-state index contributed by atoms with van der Waals surface area (Å²) >= 11 is 0. The predicted molar refractivity (Wildman–Crippen MR) is 61.9 cm³/mol. The van der Waals surface area contributed by atoms with Crippen LogP contribution in [-0.4, -0.2) is 34.1 Å². The van der Waals surface area contributed by atoms with Crippen LogP contribution >= 0.6 is 0 Å². The maximum atomic E-state index is 10.4. The minimum absolute atomic E-state index is 0.329. The standard InChI is InChI=1S/C13H18N2O/c16-13(11-1-5-14-6-2-11)12-9-10-3-7-15(12)8-4-10/h1-2,5-6,10,12-13,16H,3-4,7-9H2/t12-,13+/m0/s1. The van der Waals surface area contributed by atoms with Gasteiger partial charge < -0.3 is 5.11 Å². The summed E-state index contributed by atoms with van der Waals surface area (Å²) in [5.74, 6) is 0.839. The van der Waals surface area contributed by atoms with Gasteiger partial charge in [0, 0.05) is 18.4 Å². The van der Waals surface area contributed by atoms with Crippen molar-refractivity contribution < 1.29 is 5.11 Å². The van der Waals surface area contributed by atoms with Gasteiger partial charge in [-0.2, -0.15) is 0 Å². The van der Waals surface area contributed by atoms with E-state index >= 15 is 0 Å². The second-order valence-corrected chi connectivity index (χ2v) is 5.01. The van der Waals surface area contributed by atoms with Gasteiger partial charge in [0.25, 0.3) is 0 Å². The van der Waals surface area contributed by atoms with Gasteiger partial charge in [0.1, 0.15) is 0 Å². The molecule has 16 heavy (non-hydrogen) atoms. The normalized spacial score (nSPS) is 34.9. The average Bonchev–Trinajstić information content (AvgIpc) is 2.40. The highest BCUT2D eigenvalue weighted by molar-refractivity contribution is 5.16. The molecule has 4 heterocycles. The lowest BCUT2D eigenvalue weighted by molar-refractivity contribution is -0.0269. The fourth-order valence-corrected chi connectivity index (χ4v) is 3.12. The number of fused-ring (bicyclic) bond motifs is 3. The SMILES string of the molecule is O[C@H](c1ccncc1)[C@@H]1CC2CCN1CC2. The molecule has 0 aliphatic carbocycles. The lowest BCUT2D eigenvalue weighted by atomic mass is 9.80. The van der Waals surface area contributed by atoms with Crippen LogP contribution < -0.4 is 0 Å². The number of rotatable bonds is 2. The molecule has 3 aliphatic rings. The van der Waals surface area contributed by atoms with Crippen LogP contribution in [-0.2, 0) is 0 Å². The highest BCUT2D eigenvalue weighted by Gasteiger charge is 2.37. The summed E-state index contributed by atoms with van der Waals surface area (Å²) in [5, 5.41) is 10.4. The summed E-state index contributed by atoms with van der Waals surface area (Å²) in [6, 6.07) is 4.18. The number of aromatic nitrogens is 1. The second kappa shape index (κ2) is 4.15. The van der Waals surface area contributed by atoms with Crippen molar-refractivity contribution in [1.29, 1.82) is 0 Å². The van der Waals surface area contributed by atoms with Crippen LogP contribution in [0.25, 0.3) is 0 Å². The molecule has 0 spiro atoms. The average molecular weight is 218 g/mol. The topological polar surface area (TPSA) is 36.4 Å². The van der Waals surface area contributed by atoms with Gasteiger partial charge in [0.2, 0.25) is 0 Å². The van der Waals surface area contributed by atoms with Crippen LogP contribution in [0.1, 0.15) is 30.9 Å². The van der Waals surface area contributed by atoms with Gasteiger partial charge in [-0.15, -0.1) is 0 Å². The van der Waals surface area contributed by atoms with E-state index < -0.39 is 0 Å². The summed E-state index contributed by atoms with van der Waals surface area (Å²) < 4.78 is 0. The number of piperidine rings is 3. The highest BCUT2D eigenvalue weighted by atomic mass is 16.3. The van der Waals surface area contributed by atoms with Crippen LogP contribution in [0.3, 0.4) is 0 Å². The van der Waals surface area contributed by atoms with Crippen molar-refractivity contribution in [2.45, 2.75) is 31.4 Å². The molecule has 3 heteroatoms. The monoisotopic (exact) mass is 218 g/mol. The summed E-state index contributed by atoms with van der Waals surface area (Å²) in [6.45, 7) is 2.33. The fourth-order valence-electron chi connectivity index (χ4n) is 3.12.